The first-order valence-corrected chi connectivity index (χ1v) is 9.91. The van der Waals surface area contributed by atoms with E-state index in [9.17, 15) is 0 Å². The summed E-state index contributed by atoms with van der Waals surface area (Å²) in [7, 11) is 0. The van der Waals surface area contributed by atoms with Crippen LogP contribution < -0.4 is 0 Å². The fourth-order valence-electron chi connectivity index (χ4n) is 3.61. The van der Waals surface area contributed by atoms with Crippen molar-refractivity contribution in [3.63, 3.8) is 0 Å². The molecule has 0 saturated carbocycles. The lowest BCUT2D eigenvalue weighted by Crippen LogP contribution is -2.34. The van der Waals surface area contributed by atoms with Gasteiger partial charge in [0.1, 0.15) is 6.33 Å². The number of likely N-dealkylation sites (tertiary alicyclic amines) is 1. The number of hydrogen-bond donors (Lipinski definition) is 0. The maximum Gasteiger partial charge on any atom is 0.115 e. The first-order valence-electron chi connectivity index (χ1n) is 8.59. The summed E-state index contributed by atoms with van der Waals surface area (Å²) >= 11 is 8.19. The summed E-state index contributed by atoms with van der Waals surface area (Å²) in [5.74, 6) is 0.418. The first-order chi connectivity index (χ1) is 12.3. The van der Waals surface area contributed by atoms with Gasteiger partial charge in [-0.1, -0.05) is 29.8 Å². The van der Waals surface area contributed by atoms with Crippen molar-refractivity contribution in [2.75, 3.05) is 13.1 Å². The number of thiophene rings is 1. The third kappa shape index (κ3) is 3.76. The van der Waals surface area contributed by atoms with Crippen LogP contribution in [0.3, 0.4) is 0 Å². The lowest BCUT2D eigenvalue weighted by Gasteiger charge is -2.33. The molecule has 0 bridgehead atoms. The Balaban J connectivity index is 1.60. The van der Waals surface area contributed by atoms with E-state index in [0.717, 1.165) is 47.9 Å². The minimum Gasteiger partial charge on any atom is -0.298 e. The molecule has 3 nitrogen and oxygen atoms in total. The summed E-state index contributed by atoms with van der Waals surface area (Å²) in [6.07, 6.45) is 5.92. The molecule has 1 saturated heterocycles. The molecule has 0 N–H and O–H groups in total. The lowest BCUT2D eigenvalue weighted by atomic mass is 9.90. The molecule has 0 radical (unpaired) electrons. The fraction of sp³-hybridized carbons (Fsp3) is 0.300. The van der Waals surface area contributed by atoms with Gasteiger partial charge in [-0.25, -0.2) is 9.97 Å². The zero-order chi connectivity index (χ0) is 17.1. The van der Waals surface area contributed by atoms with Crippen molar-refractivity contribution in [1.82, 2.24) is 14.9 Å². The Hall–Kier alpha value is -1.75. The molecule has 1 unspecified atom stereocenters. The molecule has 25 heavy (non-hydrogen) atoms. The summed E-state index contributed by atoms with van der Waals surface area (Å²) in [4.78, 5) is 11.4. The molecule has 0 aliphatic carbocycles. The lowest BCUT2D eigenvalue weighted by molar-refractivity contribution is 0.199. The highest BCUT2D eigenvalue weighted by atomic mass is 35.5. The van der Waals surface area contributed by atoms with E-state index in [2.05, 4.69) is 37.8 Å². The van der Waals surface area contributed by atoms with Gasteiger partial charge in [0.05, 0.1) is 5.69 Å². The number of rotatable bonds is 4. The van der Waals surface area contributed by atoms with E-state index in [1.807, 2.05) is 24.4 Å². The Bertz CT molecular complexity index is 834. The second-order valence-corrected chi connectivity index (χ2v) is 7.69. The van der Waals surface area contributed by atoms with Gasteiger partial charge >= 0.3 is 0 Å². The van der Waals surface area contributed by atoms with Crippen LogP contribution in [-0.2, 0) is 6.54 Å². The van der Waals surface area contributed by atoms with Crippen LogP contribution in [0.1, 0.15) is 30.0 Å². The number of hydrogen-bond acceptors (Lipinski definition) is 4. The number of piperidine rings is 1. The minimum atomic E-state index is 0.418. The van der Waals surface area contributed by atoms with Gasteiger partial charge in [-0.05, 0) is 47.8 Å². The summed E-state index contributed by atoms with van der Waals surface area (Å²) in [5.41, 5.74) is 4.61. The van der Waals surface area contributed by atoms with Gasteiger partial charge in [-0.2, -0.15) is 11.3 Å². The second-order valence-electron chi connectivity index (χ2n) is 6.51. The summed E-state index contributed by atoms with van der Waals surface area (Å²) in [6, 6.07) is 10.2. The maximum absolute atomic E-state index is 6.43. The highest BCUT2D eigenvalue weighted by Crippen LogP contribution is 2.35. The van der Waals surface area contributed by atoms with Crippen LogP contribution in [0.2, 0.25) is 5.02 Å². The van der Waals surface area contributed by atoms with Gasteiger partial charge in [-0.3, -0.25) is 4.90 Å². The molecule has 1 aliphatic heterocycles. The molecule has 128 valence electrons. The Labute approximate surface area is 157 Å². The molecule has 4 rings (SSSR count). The van der Waals surface area contributed by atoms with Crippen molar-refractivity contribution in [3.8, 4) is 11.1 Å². The summed E-state index contributed by atoms with van der Waals surface area (Å²) in [6.45, 7) is 3.20. The zero-order valence-corrected chi connectivity index (χ0v) is 15.5. The highest BCUT2D eigenvalue weighted by Gasteiger charge is 2.25. The van der Waals surface area contributed by atoms with Crippen LogP contribution in [-0.4, -0.2) is 28.0 Å². The predicted octanol–water partition coefficient (Wildman–Crippen LogP) is 5.24. The van der Waals surface area contributed by atoms with Crippen LogP contribution in [0, 0.1) is 0 Å². The molecule has 1 aliphatic rings. The van der Waals surface area contributed by atoms with E-state index >= 15 is 0 Å². The van der Waals surface area contributed by atoms with Crippen molar-refractivity contribution < 1.29 is 0 Å². The summed E-state index contributed by atoms with van der Waals surface area (Å²) < 4.78 is 0. The average Bonchev–Trinajstić information content (AvgIpc) is 3.15. The number of benzene rings is 1. The quantitative estimate of drug-likeness (QED) is 0.629. The second kappa shape index (κ2) is 7.65. The van der Waals surface area contributed by atoms with E-state index in [-0.39, 0.29) is 0 Å². The molecule has 0 spiro atoms. The number of halogens is 1. The van der Waals surface area contributed by atoms with Crippen molar-refractivity contribution >= 4 is 22.9 Å². The van der Waals surface area contributed by atoms with Gasteiger partial charge in [0, 0.05) is 41.4 Å². The highest BCUT2D eigenvalue weighted by molar-refractivity contribution is 7.07. The van der Waals surface area contributed by atoms with Crippen LogP contribution in [0.25, 0.3) is 11.1 Å². The minimum absolute atomic E-state index is 0.418. The molecule has 1 atom stereocenters. The smallest absolute Gasteiger partial charge is 0.115 e. The van der Waals surface area contributed by atoms with Gasteiger partial charge in [0.15, 0.2) is 0 Å². The first kappa shape index (κ1) is 16.7. The SMILES string of the molecule is Clc1ccccc1-c1cncnc1C1CCCN(Cc2ccsc2)C1. The molecule has 1 fully saturated rings. The van der Waals surface area contributed by atoms with E-state index in [0.29, 0.717) is 5.92 Å². The van der Waals surface area contributed by atoms with Gasteiger partial charge < -0.3 is 0 Å². The molecule has 1 aromatic carbocycles. The third-order valence-corrected chi connectivity index (χ3v) is 5.85. The Morgan fingerprint density at radius 1 is 1.20 bits per heavy atom. The number of aromatic nitrogens is 2. The topological polar surface area (TPSA) is 29.0 Å². The van der Waals surface area contributed by atoms with E-state index in [1.54, 1.807) is 17.7 Å². The van der Waals surface area contributed by atoms with Crippen molar-refractivity contribution in [2.45, 2.75) is 25.3 Å². The largest absolute Gasteiger partial charge is 0.298 e. The molecular formula is C20H20ClN3S. The third-order valence-electron chi connectivity index (χ3n) is 4.79. The van der Waals surface area contributed by atoms with Gasteiger partial charge in [0.25, 0.3) is 0 Å². The predicted molar refractivity (Wildman–Crippen MR) is 104 cm³/mol. The molecular weight excluding hydrogens is 350 g/mol. The standard InChI is InChI=1S/C20H20ClN3S/c21-19-6-2-1-5-17(19)18-10-22-14-23-20(18)16-4-3-8-24(12-16)11-15-7-9-25-13-15/h1-2,5-7,9-10,13-14,16H,3-4,8,11-12H2. The van der Waals surface area contributed by atoms with E-state index in [4.69, 9.17) is 11.6 Å². The van der Waals surface area contributed by atoms with Crippen LogP contribution >= 0.6 is 22.9 Å². The summed E-state index contributed by atoms with van der Waals surface area (Å²) in [5, 5.41) is 5.14. The molecule has 0 amide bonds. The van der Waals surface area contributed by atoms with Crippen molar-refractivity contribution in [2.24, 2.45) is 0 Å². The van der Waals surface area contributed by atoms with E-state index in [1.165, 1.54) is 12.0 Å². The zero-order valence-electron chi connectivity index (χ0n) is 13.9. The molecule has 2 aromatic heterocycles. The van der Waals surface area contributed by atoms with Crippen molar-refractivity contribution in [1.29, 1.82) is 0 Å². The number of nitrogens with zero attached hydrogens (tertiary/aromatic N) is 3. The van der Waals surface area contributed by atoms with E-state index < -0.39 is 0 Å². The van der Waals surface area contributed by atoms with Crippen LogP contribution in [0.5, 0.6) is 0 Å². The average molecular weight is 370 g/mol. The molecule has 5 heteroatoms. The normalized spacial score (nSPS) is 18.4. The molecule has 3 aromatic rings. The molecule has 3 heterocycles. The van der Waals surface area contributed by atoms with Gasteiger partial charge in [0.2, 0.25) is 0 Å². The van der Waals surface area contributed by atoms with Crippen molar-refractivity contribution in [3.05, 3.63) is 69.9 Å². The monoisotopic (exact) mass is 369 g/mol. The van der Waals surface area contributed by atoms with Crippen LogP contribution in [0.4, 0.5) is 0 Å². The Morgan fingerprint density at radius 3 is 2.96 bits per heavy atom. The Kier molecular flexibility index (Phi) is 5.11. The maximum atomic E-state index is 6.43. The van der Waals surface area contributed by atoms with Gasteiger partial charge in [-0.15, -0.1) is 0 Å². The Morgan fingerprint density at radius 2 is 2.12 bits per heavy atom. The fourth-order valence-corrected chi connectivity index (χ4v) is 4.51. The van der Waals surface area contributed by atoms with Crippen LogP contribution in [0.15, 0.2) is 53.6 Å².